The van der Waals surface area contributed by atoms with Crippen LogP contribution in [0, 0.1) is 0 Å². The van der Waals surface area contributed by atoms with E-state index in [2.05, 4.69) is 4.90 Å². The molecule has 0 aliphatic rings. The van der Waals surface area contributed by atoms with Gasteiger partial charge < -0.3 is 10.0 Å². The van der Waals surface area contributed by atoms with E-state index in [0.29, 0.717) is 11.6 Å². The smallest absolute Gasteiger partial charge is 0.335 e. The molecule has 1 aromatic rings. The summed E-state index contributed by atoms with van der Waals surface area (Å²) < 4.78 is 0. The van der Waals surface area contributed by atoms with Gasteiger partial charge in [0.15, 0.2) is 0 Å². The fraction of sp³-hybridized carbons (Fsp3) is 0.364. The van der Waals surface area contributed by atoms with E-state index in [4.69, 9.17) is 16.7 Å². The molecule has 82 valence electrons. The van der Waals surface area contributed by atoms with Gasteiger partial charge in [0.1, 0.15) is 0 Å². The van der Waals surface area contributed by atoms with Crippen molar-refractivity contribution in [3.63, 3.8) is 0 Å². The standard InChI is InChI=1S/C11H14ClNO2/c1-3-13(2)7-8-4-9(11(14)15)6-10(12)5-8/h4-6H,3,7H2,1-2H3,(H,14,15). The van der Waals surface area contributed by atoms with E-state index >= 15 is 0 Å². The van der Waals surface area contributed by atoms with Crippen molar-refractivity contribution in [3.8, 4) is 0 Å². The fourth-order valence-corrected chi connectivity index (χ4v) is 1.55. The molecule has 15 heavy (non-hydrogen) atoms. The Kier molecular flexibility index (Phi) is 4.12. The molecule has 0 aromatic heterocycles. The summed E-state index contributed by atoms with van der Waals surface area (Å²) in [6, 6.07) is 4.90. The maximum absolute atomic E-state index is 10.8. The largest absolute Gasteiger partial charge is 0.478 e. The normalized spacial score (nSPS) is 10.7. The number of carboxylic acid groups (broad SMARTS) is 1. The molecule has 0 amide bonds. The summed E-state index contributed by atoms with van der Waals surface area (Å²) in [4.78, 5) is 12.9. The number of hydrogen-bond donors (Lipinski definition) is 1. The van der Waals surface area contributed by atoms with E-state index in [1.54, 1.807) is 12.1 Å². The quantitative estimate of drug-likeness (QED) is 0.859. The monoisotopic (exact) mass is 227 g/mol. The highest BCUT2D eigenvalue weighted by atomic mass is 35.5. The predicted octanol–water partition coefficient (Wildman–Crippen LogP) is 2.49. The Bertz CT molecular complexity index is 366. The van der Waals surface area contributed by atoms with Crippen molar-refractivity contribution in [2.75, 3.05) is 13.6 Å². The minimum Gasteiger partial charge on any atom is -0.478 e. The molecule has 0 radical (unpaired) electrons. The third kappa shape index (κ3) is 3.53. The number of benzene rings is 1. The van der Waals surface area contributed by atoms with Crippen LogP contribution in [0.15, 0.2) is 18.2 Å². The summed E-state index contributed by atoms with van der Waals surface area (Å²) in [6.45, 7) is 3.66. The summed E-state index contributed by atoms with van der Waals surface area (Å²) in [5.41, 5.74) is 1.16. The number of halogens is 1. The van der Waals surface area contributed by atoms with Gasteiger partial charge in [0, 0.05) is 11.6 Å². The maximum Gasteiger partial charge on any atom is 0.335 e. The molecular formula is C11H14ClNO2. The molecule has 1 aromatic carbocycles. The second kappa shape index (κ2) is 5.14. The number of nitrogens with zero attached hydrogens (tertiary/aromatic N) is 1. The molecule has 0 fully saturated rings. The minimum atomic E-state index is -0.946. The van der Waals surface area contributed by atoms with Crippen LogP contribution in [0.1, 0.15) is 22.8 Å². The minimum absolute atomic E-state index is 0.238. The molecule has 0 unspecified atom stereocenters. The maximum atomic E-state index is 10.8. The third-order valence-corrected chi connectivity index (χ3v) is 2.42. The highest BCUT2D eigenvalue weighted by Gasteiger charge is 2.07. The lowest BCUT2D eigenvalue weighted by Crippen LogP contribution is -2.17. The molecule has 1 rings (SSSR count). The number of carboxylic acids is 1. The van der Waals surface area contributed by atoms with Gasteiger partial charge in [0.2, 0.25) is 0 Å². The van der Waals surface area contributed by atoms with Gasteiger partial charge in [-0.15, -0.1) is 0 Å². The molecule has 0 aliphatic carbocycles. The number of carbonyl (C=O) groups is 1. The second-order valence-corrected chi connectivity index (χ2v) is 3.92. The molecule has 0 bridgehead atoms. The Morgan fingerprint density at radius 2 is 2.13 bits per heavy atom. The Labute approximate surface area is 94.3 Å². The number of rotatable bonds is 4. The summed E-state index contributed by atoms with van der Waals surface area (Å²) >= 11 is 5.84. The van der Waals surface area contributed by atoms with Gasteiger partial charge in [-0.2, -0.15) is 0 Å². The van der Waals surface area contributed by atoms with Crippen molar-refractivity contribution in [2.24, 2.45) is 0 Å². The Morgan fingerprint density at radius 3 is 2.67 bits per heavy atom. The first-order valence-corrected chi connectivity index (χ1v) is 5.12. The van der Waals surface area contributed by atoms with E-state index in [0.717, 1.165) is 12.1 Å². The van der Waals surface area contributed by atoms with Crippen molar-refractivity contribution in [2.45, 2.75) is 13.5 Å². The molecule has 0 spiro atoms. The highest BCUT2D eigenvalue weighted by Crippen LogP contribution is 2.16. The van der Waals surface area contributed by atoms with E-state index in [1.807, 2.05) is 14.0 Å². The molecule has 0 saturated carbocycles. The molecule has 0 aliphatic heterocycles. The van der Waals surface area contributed by atoms with Crippen LogP contribution in [0.25, 0.3) is 0 Å². The van der Waals surface area contributed by atoms with E-state index in [9.17, 15) is 4.79 Å². The van der Waals surface area contributed by atoms with Crippen LogP contribution in [0.2, 0.25) is 5.02 Å². The molecule has 0 heterocycles. The Morgan fingerprint density at radius 1 is 1.47 bits per heavy atom. The summed E-state index contributed by atoms with van der Waals surface area (Å²) in [5, 5.41) is 9.32. The first-order valence-electron chi connectivity index (χ1n) is 4.74. The zero-order chi connectivity index (χ0) is 11.4. The van der Waals surface area contributed by atoms with Crippen molar-refractivity contribution in [1.82, 2.24) is 4.90 Å². The SMILES string of the molecule is CCN(C)Cc1cc(Cl)cc(C(=O)O)c1. The van der Waals surface area contributed by atoms with E-state index < -0.39 is 5.97 Å². The van der Waals surface area contributed by atoms with Crippen LogP contribution in [-0.4, -0.2) is 29.6 Å². The van der Waals surface area contributed by atoms with Gasteiger partial charge in [0.05, 0.1) is 5.56 Å². The highest BCUT2D eigenvalue weighted by molar-refractivity contribution is 6.31. The van der Waals surface area contributed by atoms with Gasteiger partial charge in [-0.3, -0.25) is 0 Å². The van der Waals surface area contributed by atoms with E-state index in [-0.39, 0.29) is 5.56 Å². The van der Waals surface area contributed by atoms with Crippen LogP contribution in [0.4, 0.5) is 0 Å². The Balaban J connectivity index is 2.93. The second-order valence-electron chi connectivity index (χ2n) is 3.48. The van der Waals surface area contributed by atoms with Crippen LogP contribution in [-0.2, 0) is 6.54 Å². The van der Waals surface area contributed by atoms with Gasteiger partial charge in [-0.05, 0) is 37.4 Å². The lowest BCUT2D eigenvalue weighted by molar-refractivity contribution is 0.0696. The molecule has 0 atom stereocenters. The van der Waals surface area contributed by atoms with Crippen molar-refractivity contribution >= 4 is 17.6 Å². The lowest BCUT2D eigenvalue weighted by Gasteiger charge is -2.14. The Hall–Kier alpha value is -1.06. The fourth-order valence-electron chi connectivity index (χ4n) is 1.29. The van der Waals surface area contributed by atoms with Gasteiger partial charge in [0.25, 0.3) is 0 Å². The summed E-state index contributed by atoms with van der Waals surface area (Å²) in [6.07, 6.45) is 0. The average Bonchev–Trinajstić information content (AvgIpc) is 2.16. The summed E-state index contributed by atoms with van der Waals surface area (Å²) in [7, 11) is 1.97. The van der Waals surface area contributed by atoms with Gasteiger partial charge >= 0.3 is 5.97 Å². The number of hydrogen-bond acceptors (Lipinski definition) is 2. The topological polar surface area (TPSA) is 40.5 Å². The molecule has 4 heteroatoms. The van der Waals surface area contributed by atoms with Crippen LogP contribution < -0.4 is 0 Å². The van der Waals surface area contributed by atoms with Crippen molar-refractivity contribution in [3.05, 3.63) is 34.3 Å². The van der Waals surface area contributed by atoms with E-state index in [1.165, 1.54) is 6.07 Å². The first-order chi connectivity index (χ1) is 7.02. The zero-order valence-electron chi connectivity index (χ0n) is 8.83. The van der Waals surface area contributed by atoms with Crippen LogP contribution >= 0.6 is 11.6 Å². The zero-order valence-corrected chi connectivity index (χ0v) is 9.58. The van der Waals surface area contributed by atoms with Crippen LogP contribution in [0.3, 0.4) is 0 Å². The van der Waals surface area contributed by atoms with Gasteiger partial charge in [-0.25, -0.2) is 4.79 Å². The molecule has 3 nitrogen and oxygen atoms in total. The predicted molar refractivity (Wildman–Crippen MR) is 60.4 cm³/mol. The molecule has 0 saturated heterocycles. The van der Waals surface area contributed by atoms with Crippen molar-refractivity contribution < 1.29 is 9.90 Å². The van der Waals surface area contributed by atoms with Crippen molar-refractivity contribution in [1.29, 1.82) is 0 Å². The van der Waals surface area contributed by atoms with Gasteiger partial charge in [-0.1, -0.05) is 18.5 Å². The third-order valence-electron chi connectivity index (χ3n) is 2.20. The molecular weight excluding hydrogens is 214 g/mol. The first kappa shape index (κ1) is 12.0. The van der Waals surface area contributed by atoms with Crippen LogP contribution in [0.5, 0.6) is 0 Å². The lowest BCUT2D eigenvalue weighted by atomic mass is 10.1. The molecule has 1 N–H and O–H groups in total. The average molecular weight is 228 g/mol. The number of aromatic carboxylic acids is 1. The summed E-state index contributed by atoms with van der Waals surface area (Å²) in [5.74, 6) is -0.946.